The second kappa shape index (κ2) is 19.1. The Bertz CT molecular complexity index is 1690. The van der Waals surface area contributed by atoms with E-state index in [1.165, 1.54) is 9.91 Å². The molecular formula is C40H54N6O6. The Morgan fingerprint density at radius 1 is 0.942 bits per heavy atom. The molecule has 0 saturated heterocycles. The van der Waals surface area contributed by atoms with Gasteiger partial charge in [0.15, 0.2) is 0 Å². The van der Waals surface area contributed by atoms with Crippen molar-refractivity contribution < 1.29 is 29.0 Å². The van der Waals surface area contributed by atoms with Crippen LogP contribution in [0.4, 0.5) is 10.5 Å². The number of hydrogen-bond acceptors (Lipinski definition) is 8. The first-order valence-corrected chi connectivity index (χ1v) is 18.1. The van der Waals surface area contributed by atoms with Crippen molar-refractivity contribution in [3.63, 3.8) is 0 Å². The SMILES string of the molecule is CCC(C)CN(NC(=O)C[C@@H](O)CCC(C)C)C(=O)C(CC1=CN(C(=O)[C@H](C)N)CN1c1cccc2ccccc12)NC(=O)OCc1ccccc1. The molecule has 12 heteroatoms. The summed E-state index contributed by atoms with van der Waals surface area (Å²) in [6, 6.07) is 20.9. The highest BCUT2D eigenvalue weighted by atomic mass is 16.5. The number of anilines is 1. The number of aliphatic hydroxyl groups excluding tert-OH is 1. The largest absolute Gasteiger partial charge is 0.445 e. The fraction of sp³-hybridized carbons (Fsp3) is 0.450. The number of fused-ring (bicyclic) bond motifs is 1. The number of hydrazine groups is 1. The lowest BCUT2D eigenvalue weighted by atomic mass is 10.0. The number of rotatable bonds is 16. The van der Waals surface area contributed by atoms with E-state index < -0.39 is 36.1 Å². The molecular weight excluding hydrogens is 660 g/mol. The van der Waals surface area contributed by atoms with E-state index in [1.54, 1.807) is 13.1 Å². The van der Waals surface area contributed by atoms with Gasteiger partial charge in [0.25, 0.3) is 5.91 Å². The van der Waals surface area contributed by atoms with Crippen LogP contribution in [0.2, 0.25) is 0 Å². The van der Waals surface area contributed by atoms with E-state index in [4.69, 9.17) is 10.5 Å². The van der Waals surface area contributed by atoms with Crippen LogP contribution in [0.3, 0.4) is 0 Å². The smallest absolute Gasteiger partial charge is 0.408 e. The van der Waals surface area contributed by atoms with Gasteiger partial charge < -0.3 is 25.8 Å². The van der Waals surface area contributed by atoms with E-state index in [1.807, 2.05) is 105 Å². The number of carbonyl (C=O) groups excluding carboxylic acids is 4. The molecule has 0 saturated carbocycles. The van der Waals surface area contributed by atoms with Gasteiger partial charge in [0, 0.05) is 30.2 Å². The normalized spacial score (nSPS) is 15.1. The summed E-state index contributed by atoms with van der Waals surface area (Å²) in [5.74, 6) is -1.02. The molecule has 4 atom stereocenters. The van der Waals surface area contributed by atoms with Crippen LogP contribution in [0.15, 0.2) is 84.7 Å². The first kappa shape index (κ1) is 39.8. The molecule has 3 aromatic carbocycles. The molecule has 2 unspecified atom stereocenters. The maximum atomic E-state index is 14.5. The number of carbonyl (C=O) groups is 4. The van der Waals surface area contributed by atoms with E-state index in [0.29, 0.717) is 18.0 Å². The maximum Gasteiger partial charge on any atom is 0.408 e. The standard InChI is InChI=1S/C40H54N6O6/c1-6-28(4)23-46(43-37(48)22-33(47)20-19-27(2)3)39(50)35(42-40(51)52-25-30-13-8-7-9-14-30)21-32-24-44(38(49)29(5)41)26-45(32)36-18-12-16-31-15-10-11-17-34(31)36/h7-18,24,27-29,33,35,47H,6,19-23,25-26,41H2,1-5H3,(H,42,51)(H,43,48)/t28?,29-,33-,35?/m0/s1. The molecule has 1 aliphatic heterocycles. The molecule has 0 aliphatic carbocycles. The van der Waals surface area contributed by atoms with Crippen LogP contribution in [-0.4, -0.2) is 70.2 Å². The van der Waals surface area contributed by atoms with Crippen LogP contribution in [0, 0.1) is 11.8 Å². The molecule has 0 fully saturated rings. The summed E-state index contributed by atoms with van der Waals surface area (Å²) in [4.78, 5) is 57.8. The summed E-state index contributed by atoms with van der Waals surface area (Å²) in [6.07, 6.45) is 1.69. The molecule has 3 aromatic rings. The summed E-state index contributed by atoms with van der Waals surface area (Å²) in [7, 11) is 0. The Morgan fingerprint density at radius 3 is 2.33 bits per heavy atom. The molecule has 1 heterocycles. The lowest BCUT2D eigenvalue weighted by Crippen LogP contribution is -2.56. The van der Waals surface area contributed by atoms with Gasteiger partial charge in [0.2, 0.25) is 11.8 Å². The van der Waals surface area contributed by atoms with E-state index in [9.17, 15) is 24.3 Å². The van der Waals surface area contributed by atoms with Gasteiger partial charge in [-0.1, -0.05) is 101 Å². The minimum Gasteiger partial charge on any atom is -0.445 e. The molecule has 0 radical (unpaired) electrons. The molecule has 0 aromatic heterocycles. The Labute approximate surface area is 306 Å². The third kappa shape index (κ3) is 11.3. The zero-order chi connectivity index (χ0) is 37.8. The van der Waals surface area contributed by atoms with E-state index >= 15 is 0 Å². The summed E-state index contributed by atoms with van der Waals surface area (Å²) >= 11 is 0. The zero-order valence-corrected chi connectivity index (χ0v) is 31.0. The van der Waals surface area contributed by atoms with Gasteiger partial charge in [-0.3, -0.25) is 29.7 Å². The van der Waals surface area contributed by atoms with Crippen molar-refractivity contribution in [2.75, 3.05) is 18.1 Å². The number of nitrogens with zero attached hydrogens (tertiary/aromatic N) is 3. The van der Waals surface area contributed by atoms with Gasteiger partial charge in [0.1, 0.15) is 19.3 Å². The molecule has 52 heavy (non-hydrogen) atoms. The number of alkyl carbamates (subject to hydrolysis) is 1. The molecule has 0 spiro atoms. The van der Waals surface area contributed by atoms with Crippen LogP contribution in [0.5, 0.6) is 0 Å². The number of hydrogen-bond donors (Lipinski definition) is 4. The number of nitrogens with two attached hydrogens (primary N) is 1. The first-order chi connectivity index (χ1) is 24.9. The second-order valence-electron chi connectivity index (χ2n) is 14.1. The minimum absolute atomic E-state index is 0.00201. The van der Waals surface area contributed by atoms with Crippen molar-refractivity contribution >= 4 is 40.3 Å². The van der Waals surface area contributed by atoms with Crippen molar-refractivity contribution in [1.29, 1.82) is 0 Å². The Kier molecular flexibility index (Phi) is 14.6. The fourth-order valence-corrected chi connectivity index (χ4v) is 5.94. The van der Waals surface area contributed by atoms with Crippen molar-refractivity contribution in [2.45, 2.75) is 91.5 Å². The number of amides is 4. The average Bonchev–Trinajstić information content (AvgIpc) is 3.55. The Balaban J connectivity index is 1.68. The number of benzene rings is 3. The molecule has 1 aliphatic rings. The highest BCUT2D eigenvalue weighted by Gasteiger charge is 2.35. The lowest BCUT2D eigenvalue weighted by Gasteiger charge is -2.32. The first-order valence-electron chi connectivity index (χ1n) is 18.1. The molecule has 0 bridgehead atoms. The molecule has 4 rings (SSSR count). The quantitative estimate of drug-likeness (QED) is 0.144. The topological polar surface area (TPSA) is 158 Å². The highest BCUT2D eigenvalue weighted by Crippen LogP contribution is 2.34. The average molecular weight is 715 g/mol. The molecule has 280 valence electrons. The monoisotopic (exact) mass is 714 g/mol. The summed E-state index contributed by atoms with van der Waals surface area (Å²) in [6.45, 7) is 9.94. The van der Waals surface area contributed by atoms with Gasteiger partial charge in [-0.2, -0.15) is 0 Å². The van der Waals surface area contributed by atoms with Crippen molar-refractivity contribution in [3.8, 4) is 0 Å². The number of ether oxygens (including phenoxy) is 1. The van der Waals surface area contributed by atoms with E-state index in [-0.39, 0.29) is 44.5 Å². The Morgan fingerprint density at radius 2 is 1.63 bits per heavy atom. The van der Waals surface area contributed by atoms with E-state index in [0.717, 1.165) is 34.9 Å². The number of nitrogens with one attached hydrogen (secondary N) is 2. The molecule has 5 N–H and O–H groups in total. The van der Waals surface area contributed by atoms with Gasteiger partial charge in [-0.25, -0.2) is 4.79 Å². The molecule has 4 amide bonds. The van der Waals surface area contributed by atoms with Crippen molar-refractivity contribution in [2.24, 2.45) is 17.6 Å². The van der Waals surface area contributed by atoms with Gasteiger partial charge in [-0.15, -0.1) is 0 Å². The maximum absolute atomic E-state index is 14.5. The summed E-state index contributed by atoms with van der Waals surface area (Å²) in [5.41, 5.74) is 10.9. The van der Waals surface area contributed by atoms with Crippen molar-refractivity contribution in [3.05, 3.63) is 90.3 Å². The lowest BCUT2D eigenvalue weighted by molar-refractivity contribution is -0.144. The van der Waals surface area contributed by atoms with Crippen LogP contribution >= 0.6 is 0 Å². The van der Waals surface area contributed by atoms with Crippen LogP contribution < -0.4 is 21.4 Å². The summed E-state index contributed by atoms with van der Waals surface area (Å²) in [5, 5.41) is 16.5. The van der Waals surface area contributed by atoms with Crippen LogP contribution in [0.1, 0.15) is 72.3 Å². The van der Waals surface area contributed by atoms with Gasteiger partial charge in [0.05, 0.1) is 24.3 Å². The minimum atomic E-state index is -1.22. The molecule has 12 nitrogen and oxygen atoms in total. The van der Waals surface area contributed by atoms with Gasteiger partial charge in [-0.05, 0) is 48.6 Å². The van der Waals surface area contributed by atoms with E-state index in [2.05, 4.69) is 10.7 Å². The third-order valence-corrected chi connectivity index (χ3v) is 9.11. The summed E-state index contributed by atoms with van der Waals surface area (Å²) < 4.78 is 5.54. The Hall–Kier alpha value is -4.94. The van der Waals surface area contributed by atoms with Crippen molar-refractivity contribution in [1.82, 2.24) is 20.7 Å². The van der Waals surface area contributed by atoms with Crippen LogP contribution in [-0.2, 0) is 25.7 Å². The predicted molar refractivity (Wildman–Crippen MR) is 202 cm³/mol. The zero-order valence-electron chi connectivity index (χ0n) is 31.0. The van der Waals surface area contributed by atoms with Gasteiger partial charge >= 0.3 is 6.09 Å². The third-order valence-electron chi connectivity index (χ3n) is 9.11. The second-order valence-corrected chi connectivity index (χ2v) is 14.1. The predicted octanol–water partition coefficient (Wildman–Crippen LogP) is 5.41. The van der Waals surface area contributed by atoms with Crippen LogP contribution in [0.25, 0.3) is 10.8 Å². The number of aliphatic hydroxyl groups is 1. The fourth-order valence-electron chi connectivity index (χ4n) is 5.94. The highest BCUT2D eigenvalue weighted by molar-refractivity contribution is 5.96.